The Hall–Kier alpha value is -1.66. The Bertz CT molecular complexity index is 1740. The van der Waals surface area contributed by atoms with Gasteiger partial charge in [0, 0.05) is 47.8 Å². The Labute approximate surface area is 374 Å². The minimum absolute atomic E-state index is 0. The summed E-state index contributed by atoms with van der Waals surface area (Å²) < 4.78 is 37.8. The van der Waals surface area contributed by atoms with Crippen molar-refractivity contribution in [2.75, 3.05) is 13.7 Å². The minimum Gasteiger partial charge on any atom is -0.545 e. The van der Waals surface area contributed by atoms with Crippen LogP contribution in [0.2, 0.25) is 5.02 Å². The number of aryl methyl sites for hydroxylation is 1. The molecule has 1 aromatic rings. The van der Waals surface area contributed by atoms with E-state index in [2.05, 4.69) is 0 Å². The van der Waals surface area contributed by atoms with Crippen LogP contribution >= 0.6 is 11.6 Å². The standard InChI is InChI=1S/C43H63ClO14.Na/c1-12-54-40(52)37-28(45)18-30(55-37)41(10)38(53-11)26(9)43(57-41)29(46)13-14-42(58-43)23(6)16-22(5)36(56-42)25(8)35(49)24(7)33(47)20(3)15-19(2)31-27(44)17-21(4)34(48)32(31)39(50)51;/h13-14,17,19-20,22-26,28-30,33,36-38,45-48H,12,15-16,18H2,1-11H3,(H,50,51);/q;+1/p-1. The van der Waals surface area contributed by atoms with Gasteiger partial charge in [0.05, 0.1) is 43.1 Å². The van der Waals surface area contributed by atoms with Gasteiger partial charge in [-0.05, 0) is 80.7 Å². The van der Waals surface area contributed by atoms with E-state index in [0.29, 0.717) is 12.0 Å². The summed E-state index contributed by atoms with van der Waals surface area (Å²) in [6.45, 7) is 17.8. The number of ketones is 1. The summed E-state index contributed by atoms with van der Waals surface area (Å²) >= 11 is 6.47. The average Bonchev–Trinajstić information content (AvgIpc) is 3.66. The molecular weight excluding hydrogens is 799 g/mol. The molecule has 2 spiro atoms. The van der Waals surface area contributed by atoms with Crippen LogP contribution in [0.1, 0.15) is 109 Å². The molecule has 59 heavy (non-hydrogen) atoms. The van der Waals surface area contributed by atoms with Crippen LogP contribution in [0.25, 0.3) is 0 Å². The number of carboxylic acids is 1. The molecule has 5 rings (SSSR count). The van der Waals surface area contributed by atoms with E-state index in [1.165, 1.54) is 13.2 Å². The predicted octanol–water partition coefficient (Wildman–Crippen LogP) is 0.976. The van der Waals surface area contributed by atoms with Crippen LogP contribution in [0, 0.1) is 42.4 Å². The summed E-state index contributed by atoms with van der Waals surface area (Å²) in [5, 5.41) is 56.7. The van der Waals surface area contributed by atoms with Gasteiger partial charge in [-0.1, -0.05) is 60.1 Å². The number of carboxylic acid groups (broad SMARTS) is 1. The number of aromatic hydroxyl groups is 1. The molecule has 4 aliphatic rings. The molecule has 0 aliphatic carbocycles. The van der Waals surface area contributed by atoms with Gasteiger partial charge in [0.25, 0.3) is 0 Å². The van der Waals surface area contributed by atoms with E-state index < -0.39 is 107 Å². The number of benzene rings is 1. The van der Waals surface area contributed by atoms with Crippen molar-refractivity contribution in [3.05, 3.63) is 39.9 Å². The predicted molar refractivity (Wildman–Crippen MR) is 209 cm³/mol. The van der Waals surface area contributed by atoms with E-state index in [1.54, 1.807) is 60.6 Å². The third-order valence-corrected chi connectivity index (χ3v) is 13.8. The Balaban J connectivity index is 0.00000769. The smallest absolute Gasteiger partial charge is 0.545 e. The number of ether oxygens (including phenoxy) is 6. The Morgan fingerprint density at radius 1 is 1.08 bits per heavy atom. The molecule has 326 valence electrons. The second-order valence-corrected chi connectivity index (χ2v) is 18.0. The molecular formula is C43H62ClNaO14. The van der Waals surface area contributed by atoms with E-state index in [0.717, 1.165) is 0 Å². The fourth-order valence-corrected chi connectivity index (χ4v) is 10.7. The van der Waals surface area contributed by atoms with E-state index in [4.69, 9.17) is 40.0 Å². The number of aliphatic hydroxyl groups is 3. The first-order valence-electron chi connectivity index (χ1n) is 20.4. The van der Waals surface area contributed by atoms with E-state index >= 15 is 0 Å². The van der Waals surface area contributed by atoms with Gasteiger partial charge < -0.3 is 58.7 Å². The molecule has 0 bridgehead atoms. The second-order valence-electron chi connectivity index (χ2n) is 17.6. The number of carbonyl (C=O) groups excluding carboxylic acids is 3. The molecule has 4 aliphatic heterocycles. The van der Waals surface area contributed by atoms with Crippen molar-refractivity contribution >= 4 is 29.3 Å². The SMILES string of the molecule is CCOC(=O)C1OC(C2(C)OC3(OC4(C=CC3O)OC(C(C)C(=O)C(C)C(O)C(C)CC(C)c3c(Cl)cc(C)c(O)c3C(=O)[O-])C(C)CC4C)C(C)C2OC)CC1O.[Na+]. The van der Waals surface area contributed by atoms with Crippen molar-refractivity contribution in [2.45, 2.75) is 154 Å². The largest absolute Gasteiger partial charge is 1.00 e. The van der Waals surface area contributed by atoms with Crippen molar-refractivity contribution < 1.29 is 97.9 Å². The first-order valence-corrected chi connectivity index (χ1v) is 20.8. The number of aromatic carboxylic acids is 1. The number of phenols is 1. The van der Waals surface area contributed by atoms with Gasteiger partial charge in [-0.25, -0.2) is 4.79 Å². The van der Waals surface area contributed by atoms with Crippen LogP contribution < -0.4 is 34.7 Å². The fourth-order valence-electron chi connectivity index (χ4n) is 10.3. The average molecular weight is 861 g/mol. The Kier molecular flexibility index (Phi) is 16.1. The molecule has 3 fully saturated rings. The number of Topliss-reactive ketones (excluding diaryl/α,β-unsaturated/α-hetero) is 1. The van der Waals surface area contributed by atoms with Crippen molar-refractivity contribution in [2.24, 2.45) is 35.5 Å². The zero-order chi connectivity index (χ0) is 43.4. The maximum absolute atomic E-state index is 14.2. The third-order valence-electron chi connectivity index (χ3n) is 13.5. The summed E-state index contributed by atoms with van der Waals surface area (Å²) in [6.07, 6.45) is -2.92. The molecule has 3 saturated heterocycles. The molecule has 14 nitrogen and oxygen atoms in total. The first-order chi connectivity index (χ1) is 27.0. The summed E-state index contributed by atoms with van der Waals surface area (Å²) in [6, 6.07) is 1.49. The molecule has 0 amide bonds. The molecule has 0 radical (unpaired) electrons. The Morgan fingerprint density at radius 3 is 2.32 bits per heavy atom. The normalized spacial score (nSPS) is 38.1. The summed E-state index contributed by atoms with van der Waals surface area (Å²) in [7, 11) is 1.51. The topological polar surface area (TPSA) is 211 Å². The van der Waals surface area contributed by atoms with Gasteiger partial charge >= 0.3 is 35.5 Å². The van der Waals surface area contributed by atoms with Crippen LogP contribution in [-0.2, 0) is 38.0 Å². The number of halogens is 1. The van der Waals surface area contributed by atoms with Gasteiger partial charge in [-0.2, -0.15) is 0 Å². The van der Waals surface area contributed by atoms with Crippen molar-refractivity contribution in [1.29, 1.82) is 0 Å². The number of rotatable bonds is 13. The van der Waals surface area contributed by atoms with Gasteiger partial charge in [-0.3, -0.25) is 4.79 Å². The summed E-state index contributed by atoms with van der Waals surface area (Å²) in [4.78, 5) is 38.9. The van der Waals surface area contributed by atoms with Crippen molar-refractivity contribution in [3.8, 4) is 5.75 Å². The van der Waals surface area contributed by atoms with Crippen LogP contribution in [0.5, 0.6) is 5.75 Å². The maximum atomic E-state index is 14.2. The number of aliphatic hydroxyl groups excluding tert-OH is 3. The van der Waals surface area contributed by atoms with Gasteiger partial charge in [-0.15, -0.1) is 0 Å². The van der Waals surface area contributed by atoms with E-state index in [9.17, 15) is 39.9 Å². The summed E-state index contributed by atoms with van der Waals surface area (Å²) in [5.74, 6) is -9.67. The van der Waals surface area contributed by atoms with E-state index in [1.807, 2.05) is 20.8 Å². The monoisotopic (exact) mass is 860 g/mol. The molecule has 1 aromatic carbocycles. The van der Waals surface area contributed by atoms with Crippen LogP contribution in [0.4, 0.5) is 0 Å². The molecule has 0 aromatic heterocycles. The van der Waals surface area contributed by atoms with Crippen molar-refractivity contribution in [3.63, 3.8) is 0 Å². The van der Waals surface area contributed by atoms with Crippen LogP contribution in [0.15, 0.2) is 18.2 Å². The molecule has 4 N–H and O–H groups in total. The zero-order valence-electron chi connectivity index (χ0n) is 36.4. The first kappa shape index (κ1) is 50.0. The van der Waals surface area contributed by atoms with Gasteiger partial charge in [0.1, 0.15) is 23.2 Å². The molecule has 17 atom stereocenters. The molecule has 4 heterocycles. The Morgan fingerprint density at radius 2 is 1.73 bits per heavy atom. The van der Waals surface area contributed by atoms with Gasteiger partial charge in [0.15, 0.2) is 11.9 Å². The zero-order valence-corrected chi connectivity index (χ0v) is 39.1. The van der Waals surface area contributed by atoms with E-state index in [-0.39, 0.29) is 82.8 Å². The van der Waals surface area contributed by atoms with Crippen LogP contribution in [-0.4, -0.2) is 112 Å². The fraction of sp³-hybridized carbons (Fsp3) is 0.744. The number of methoxy groups -OCH3 is 1. The minimum atomic E-state index is -1.73. The summed E-state index contributed by atoms with van der Waals surface area (Å²) in [5.41, 5.74) is -1.19. The third kappa shape index (κ3) is 8.95. The quantitative estimate of drug-likeness (QED) is 0.124. The molecule has 0 saturated carbocycles. The number of hydrogen-bond acceptors (Lipinski definition) is 14. The van der Waals surface area contributed by atoms with Crippen LogP contribution in [0.3, 0.4) is 0 Å². The second kappa shape index (κ2) is 19.0. The maximum Gasteiger partial charge on any atom is 1.00 e. The van der Waals surface area contributed by atoms with Crippen molar-refractivity contribution in [1.82, 2.24) is 0 Å². The number of esters is 1. The molecule has 16 heteroatoms. The number of carbonyl (C=O) groups is 3. The molecule has 17 unspecified atom stereocenters. The number of hydrogen-bond donors (Lipinski definition) is 4. The van der Waals surface area contributed by atoms with Gasteiger partial charge in [0.2, 0.25) is 5.79 Å².